The second-order valence-electron chi connectivity index (χ2n) is 4.45. The summed E-state index contributed by atoms with van der Waals surface area (Å²) >= 11 is 0. The number of carbonyl (C=O) groups excluding carboxylic acids is 1. The number of carboxylic acids is 1. The van der Waals surface area contributed by atoms with Crippen molar-refractivity contribution in [2.75, 3.05) is 5.32 Å². The number of nitriles is 2. The molecule has 0 atom stereocenters. The van der Waals surface area contributed by atoms with Gasteiger partial charge in [-0.2, -0.15) is 10.5 Å². The topological polar surface area (TPSA) is 126 Å². The predicted octanol–water partition coefficient (Wildman–Crippen LogP) is 1.17. The van der Waals surface area contributed by atoms with Crippen LogP contribution in [0.25, 0.3) is 0 Å². The quantitative estimate of drug-likeness (QED) is 0.759. The first-order valence-electron chi connectivity index (χ1n) is 5.77. The van der Waals surface area contributed by atoms with E-state index >= 15 is 0 Å². The summed E-state index contributed by atoms with van der Waals surface area (Å²) in [6.45, 7) is 0. The highest BCUT2D eigenvalue weighted by molar-refractivity contribution is 5.95. The van der Waals surface area contributed by atoms with Crippen LogP contribution in [0.3, 0.4) is 0 Å². The van der Waals surface area contributed by atoms with Crippen LogP contribution in [0.15, 0.2) is 18.2 Å². The molecule has 20 heavy (non-hydrogen) atoms. The molecule has 1 aromatic rings. The summed E-state index contributed by atoms with van der Waals surface area (Å²) in [5.41, 5.74) is -0.499. The molecule has 0 bridgehead atoms. The molecule has 3 N–H and O–H groups in total. The van der Waals surface area contributed by atoms with Crippen LogP contribution in [0.2, 0.25) is 0 Å². The molecule has 2 amide bonds. The van der Waals surface area contributed by atoms with Crippen LogP contribution in [0.1, 0.15) is 24.0 Å². The summed E-state index contributed by atoms with van der Waals surface area (Å²) in [7, 11) is 0. The third-order valence-corrected chi connectivity index (χ3v) is 3.03. The highest BCUT2D eigenvalue weighted by Gasteiger charge is 2.51. The van der Waals surface area contributed by atoms with E-state index in [1.54, 1.807) is 0 Å². The molecular formula is C13H10N4O3. The number of aliphatic carboxylic acids is 1. The first-order valence-corrected chi connectivity index (χ1v) is 5.77. The number of anilines is 1. The van der Waals surface area contributed by atoms with Crippen LogP contribution in [0.5, 0.6) is 0 Å². The lowest BCUT2D eigenvalue weighted by atomic mass is 10.1. The van der Waals surface area contributed by atoms with Gasteiger partial charge in [-0.25, -0.2) is 9.59 Å². The molecule has 0 radical (unpaired) electrons. The van der Waals surface area contributed by atoms with E-state index in [2.05, 4.69) is 10.6 Å². The molecule has 0 aliphatic heterocycles. The van der Waals surface area contributed by atoms with Gasteiger partial charge < -0.3 is 15.7 Å². The Labute approximate surface area is 114 Å². The normalized spacial score (nSPS) is 14.5. The number of hydrogen-bond donors (Lipinski definition) is 3. The molecule has 1 aliphatic rings. The van der Waals surface area contributed by atoms with Gasteiger partial charge in [0.1, 0.15) is 17.7 Å². The maximum atomic E-state index is 11.7. The van der Waals surface area contributed by atoms with Gasteiger partial charge in [0.25, 0.3) is 0 Å². The van der Waals surface area contributed by atoms with Crippen molar-refractivity contribution in [3.63, 3.8) is 0 Å². The smallest absolute Gasteiger partial charge is 0.329 e. The van der Waals surface area contributed by atoms with E-state index in [4.69, 9.17) is 15.6 Å². The lowest BCUT2D eigenvalue weighted by Crippen LogP contribution is -2.45. The molecule has 100 valence electrons. The van der Waals surface area contributed by atoms with Gasteiger partial charge in [0.05, 0.1) is 11.1 Å². The van der Waals surface area contributed by atoms with E-state index in [0.717, 1.165) is 0 Å². The summed E-state index contributed by atoms with van der Waals surface area (Å²) in [6, 6.07) is 7.30. The zero-order valence-electron chi connectivity index (χ0n) is 10.3. The molecule has 7 nitrogen and oxygen atoms in total. The molecule has 1 aliphatic carbocycles. The van der Waals surface area contributed by atoms with E-state index < -0.39 is 17.5 Å². The van der Waals surface area contributed by atoms with Crippen molar-refractivity contribution in [2.45, 2.75) is 18.4 Å². The van der Waals surface area contributed by atoms with Crippen LogP contribution in [0, 0.1) is 22.7 Å². The maximum absolute atomic E-state index is 11.7. The molecule has 1 aromatic carbocycles. The fourth-order valence-electron chi connectivity index (χ4n) is 1.71. The average Bonchev–Trinajstić information content (AvgIpc) is 3.19. The molecule has 0 heterocycles. The van der Waals surface area contributed by atoms with Crippen molar-refractivity contribution in [1.29, 1.82) is 10.5 Å². The minimum atomic E-state index is -1.17. The first kappa shape index (κ1) is 13.4. The van der Waals surface area contributed by atoms with Crippen molar-refractivity contribution < 1.29 is 14.7 Å². The van der Waals surface area contributed by atoms with Gasteiger partial charge in [-0.1, -0.05) is 0 Å². The molecule has 7 heteroatoms. The fourth-order valence-corrected chi connectivity index (χ4v) is 1.71. The van der Waals surface area contributed by atoms with E-state index in [1.807, 2.05) is 12.1 Å². The molecular weight excluding hydrogens is 260 g/mol. The van der Waals surface area contributed by atoms with E-state index in [0.29, 0.717) is 18.5 Å². The summed E-state index contributed by atoms with van der Waals surface area (Å²) in [6.07, 6.45) is 0.791. The number of benzene rings is 1. The molecule has 1 saturated carbocycles. The summed E-state index contributed by atoms with van der Waals surface area (Å²) in [4.78, 5) is 22.6. The minimum Gasteiger partial charge on any atom is -0.480 e. The van der Waals surface area contributed by atoms with Gasteiger partial charge >= 0.3 is 12.0 Å². The lowest BCUT2D eigenvalue weighted by molar-refractivity contribution is -0.140. The zero-order valence-corrected chi connectivity index (χ0v) is 10.3. The van der Waals surface area contributed by atoms with Gasteiger partial charge in [-0.3, -0.25) is 0 Å². The Morgan fingerprint density at radius 1 is 1.20 bits per heavy atom. The SMILES string of the molecule is N#Cc1ccc(NC(=O)NC2(C(=O)O)CC2)cc1C#N. The number of carbonyl (C=O) groups is 2. The Bertz CT molecular complexity index is 665. The number of nitrogens with zero attached hydrogens (tertiary/aromatic N) is 2. The number of amides is 2. The summed E-state index contributed by atoms with van der Waals surface area (Å²) in [5.74, 6) is -1.06. The lowest BCUT2D eigenvalue weighted by Gasteiger charge is -2.13. The van der Waals surface area contributed by atoms with E-state index in [-0.39, 0.29) is 11.1 Å². The van der Waals surface area contributed by atoms with Crippen LogP contribution >= 0.6 is 0 Å². The van der Waals surface area contributed by atoms with E-state index in [9.17, 15) is 9.59 Å². The number of hydrogen-bond acceptors (Lipinski definition) is 4. The van der Waals surface area contributed by atoms with Crippen LogP contribution in [-0.4, -0.2) is 22.6 Å². The molecule has 0 saturated heterocycles. The Morgan fingerprint density at radius 2 is 1.85 bits per heavy atom. The van der Waals surface area contributed by atoms with Crippen molar-refractivity contribution in [3.05, 3.63) is 29.3 Å². The monoisotopic (exact) mass is 270 g/mol. The van der Waals surface area contributed by atoms with Crippen molar-refractivity contribution in [1.82, 2.24) is 5.32 Å². The number of urea groups is 1. The zero-order chi connectivity index (χ0) is 14.8. The Morgan fingerprint density at radius 3 is 2.35 bits per heavy atom. The standard InChI is InChI=1S/C13H10N4O3/c14-6-8-1-2-10(5-9(8)7-15)16-12(20)17-13(3-4-13)11(18)19/h1-2,5H,3-4H2,(H,18,19)(H2,16,17,20). The minimum absolute atomic E-state index is 0.143. The van der Waals surface area contributed by atoms with Gasteiger partial charge in [0, 0.05) is 5.69 Å². The third kappa shape index (κ3) is 2.52. The van der Waals surface area contributed by atoms with Gasteiger partial charge in [-0.15, -0.1) is 0 Å². The number of rotatable bonds is 3. The number of nitrogens with one attached hydrogen (secondary N) is 2. The van der Waals surface area contributed by atoms with Crippen molar-refractivity contribution >= 4 is 17.7 Å². The average molecular weight is 270 g/mol. The van der Waals surface area contributed by atoms with E-state index in [1.165, 1.54) is 18.2 Å². The Kier molecular flexibility index (Phi) is 3.28. The highest BCUT2D eigenvalue weighted by Crippen LogP contribution is 2.35. The molecule has 0 aromatic heterocycles. The van der Waals surface area contributed by atoms with Gasteiger partial charge in [0.15, 0.2) is 0 Å². The van der Waals surface area contributed by atoms with Crippen LogP contribution < -0.4 is 10.6 Å². The Hall–Kier alpha value is -3.06. The molecule has 0 unspecified atom stereocenters. The number of carboxylic acid groups (broad SMARTS) is 1. The van der Waals surface area contributed by atoms with Crippen LogP contribution in [-0.2, 0) is 4.79 Å². The second-order valence-corrected chi connectivity index (χ2v) is 4.45. The van der Waals surface area contributed by atoms with Crippen LogP contribution in [0.4, 0.5) is 10.5 Å². The second kappa shape index (κ2) is 4.90. The summed E-state index contributed by atoms with van der Waals surface area (Å²) in [5, 5.41) is 31.4. The molecule has 0 spiro atoms. The first-order chi connectivity index (χ1) is 9.50. The molecule has 1 fully saturated rings. The maximum Gasteiger partial charge on any atom is 0.329 e. The van der Waals surface area contributed by atoms with Crippen molar-refractivity contribution in [3.8, 4) is 12.1 Å². The third-order valence-electron chi connectivity index (χ3n) is 3.03. The summed E-state index contributed by atoms with van der Waals surface area (Å²) < 4.78 is 0. The fraction of sp³-hybridized carbons (Fsp3) is 0.231. The van der Waals surface area contributed by atoms with Crippen molar-refractivity contribution in [2.24, 2.45) is 0 Å². The Balaban J connectivity index is 2.08. The van der Waals surface area contributed by atoms with Gasteiger partial charge in [-0.05, 0) is 31.0 Å². The highest BCUT2D eigenvalue weighted by atomic mass is 16.4. The van der Waals surface area contributed by atoms with Gasteiger partial charge in [0.2, 0.25) is 0 Å². The predicted molar refractivity (Wildman–Crippen MR) is 67.6 cm³/mol. The largest absolute Gasteiger partial charge is 0.480 e. The molecule has 2 rings (SSSR count).